The second-order valence-corrected chi connectivity index (χ2v) is 5.58. The highest BCUT2D eigenvalue weighted by atomic mass is 16.2. The van der Waals surface area contributed by atoms with Crippen LogP contribution in [-0.2, 0) is 16.0 Å². The number of hydrogen-bond donors (Lipinski definition) is 2. The normalized spacial score (nSPS) is 20.1. The van der Waals surface area contributed by atoms with Crippen LogP contribution in [0.3, 0.4) is 0 Å². The van der Waals surface area contributed by atoms with E-state index in [1.54, 1.807) is 0 Å². The first kappa shape index (κ1) is 14.6. The van der Waals surface area contributed by atoms with Crippen LogP contribution in [0.25, 0.3) is 0 Å². The maximum absolute atomic E-state index is 12.1. The molecule has 2 rings (SSSR count). The molecule has 0 saturated carbocycles. The van der Waals surface area contributed by atoms with Gasteiger partial charge in [0.15, 0.2) is 0 Å². The van der Waals surface area contributed by atoms with E-state index in [1.165, 1.54) is 11.1 Å². The summed E-state index contributed by atoms with van der Waals surface area (Å²) >= 11 is 0. The van der Waals surface area contributed by atoms with Gasteiger partial charge in [0.05, 0.1) is 5.92 Å². The summed E-state index contributed by atoms with van der Waals surface area (Å²) in [6.45, 7) is 4.56. The molecule has 1 saturated heterocycles. The SMILES string of the molecule is Cc1ccccc1C[C@@H](C)NC(=O)[C@@H]1CCC(=O)NC1. The summed E-state index contributed by atoms with van der Waals surface area (Å²) in [7, 11) is 0. The van der Waals surface area contributed by atoms with Gasteiger partial charge in [-0.05, 0) is 37.8 Å². The van der Waals surface area contributed by atoms with Crippen LogP contribution in [0.5, 0.6) is 0 Å². The Morgan fingerprint density at radius 3 is 2.85 bits per heavy atom. The second-order valence-electron chi connectivity index (χ2n) is 5.58. The lowest BCUT2D eigenvalue weighted by Crippen LogP contribution is -2.45. The van der Waals surface area contributed by atoms with Crippen molar-refractivity contribution in [3.8, 4) is 0 Å². The molecule has 108 valence electrons. The molecule has 0 aliphatic carbocycles. The Morgan fingerprint density at radius 1 is 1.45 bits per heavy atom. The predicted molar refractivity (Wildman–Crippen MR) is 78.2 cm³/mol. The molecule has 1 aliphatic heterocycles. The molecule has 4 nitrogen and oxygen atoms in total. The molecule has 0 spiro atoms. The summed E-state index contributed by atoms with van der Waals surface area (Å²) in [6.07, 6.45) is 1.93. The number of carbonyl (C=O) groups excluding carboxylic acids is 2. The Morgan fingerprint density at radius 2 is 2.20 bits per heavy atom. The number of amides is 2. The van der Waals surface area contributed by atoms with Gasteiger partial charge in [-0.1, -0.05) is 24.3 Å². The smallest absolute Gasteiger partial charge is 0.225 e. The highest BCUT2D eigenvalue weighted by Gasteiger charge is 2.25. The molecule has 1 fully saturated rings. The molecule has 2 N–H and O–H groups in total. The Labute approximate surface area is 119 Å². The summed E-state index contributed by atoms with van der Waals surface area (Å²) in [5.74, 6) is 0.000105. The number of benzene rings is 1. The molecule has 1 heterocycles. The zero-order valence-electron chi connectivity index (χ0n) is 12.1. The molecule has 1 aromatic carbocycles. The second kappa shape index (κ2) is 6.55. The summed E-state index contributed by atoms with van der Waals surface area (Å²) in [6, 6.07) is 8.32. The Hall–Kier alpha value is -1.84. The zero-order chi connectivity index (χ0) is 14.5. The monoisotopic (exact) mass is 274 g/mol. The minimum atomic E-state index is -0.0907. The fourth-order valence-electron chi connectivity index (χ4n) is 2.54. The highest BCUT2D eigenvalue weighted by molar-refractivity contribution is 5.83. The minimum absolute atomic E-state index is 0.0435. The van der Waals surface area contributed by atoms with E-state index < -0.39 is 0 Å². The fourth-order valence-corrected chi connectivity index (χ4v) is 2.54. The van der Waals surface area contributed by atoms with Gasteiger partial charge in [-0.15, -0.1) is 0 Å². The topological polar surface area (TPSA) is 58.2 Å². The number of aryl methyl sites for hydroxylation is 1. The van der Waals surface area contributed by atoms with E-state index in [1.807, 2.05) is 19.1 Å². The Kier molecular flexibility index (Phi) is 4.77. The lowest BCUT2D eigenvalue weighted by atomic mass is 9.97. The van der Waals surface area contributed by atoms with Crippen LogP contribution >= 0.6 is 0 Å². The summed E-state index contributed by atoms with van der Waals surface area (Å²) in [5.41, 5.74) is 2.51. The van der Waals surface area contributed by atoms with E-state index in [9.17, 15) is 9.59 Å². The van der Waals surface area contributed by atoms with Crippen LogP contribution in [0.15, 0.2) is 24.3 Å². The standard InChI is InChI=1S/C16H22N2O2/c1-11-5-3-4-6-13(11)9-12(2)18-16(20)14-7-8-15(19)17-10-14/h3-6,12,14H,7-10H2,1-2H3,(H,17,19)(H,18,20)/t12-,14-/m1/s1. The van der Waals surface area contributed by atoms with Gasteiger partial charge in [-0.3, -0.25) is 9.59 Å². The van der Waals surface area contributed by atoms with Crippen molar-refractivity contribution in [2.24, 2.45) is 5.92 Å². The van der Waals surface area contributed by atoms with Crippen LogP contribution in [0.4, 0.5) is 0 Å². The molecule has 20 heavy (non-hydrogen) atoms. The molecule has 0 unspecified atom stereocenters. The molecule has 2 amide bonds. The van der Waals surface area contributed by atoms with Crippen molar-refractivity contribution in [3.63, 3.8) is 0 Å². The molecule has 4 heteroatoms. The van der Waals surface area contributed by atoms with Gasteiger partial charge in [0, 0.05) is 19.0 Å². The largest absolute Gasteiger partial charge is 0.355 e. The fraction of sp³-hybridized carbons (Fsp3) is 0.500. The van der Waals surface area contributed by atoms with E-state index in [2.05, 4.69) is 29.7 Å². The number of hydrogen-bond acceptors (Lipinski definition) is 2. The summed E-state index contributed by atoms with van der Waals surface area (Å²) in [4.78, 5) is 23.2. The minimum Gasteiger partial charge on any atom is -0.355 e. The number of rotatable bonds is 4. The quantitative estimate of drug-likeness (QED) is 0.875. The maximum atomic E-state index is 12.1. The van der Waals surface area contributed by atoms with Crippen molar-refractivity contribution in [1.82, 2.24) is 10.6 Å². The van der Waals surface area contributed by atoms with Crippen LogP contribution in [0, 0.1) is 12.8 Å². The van der Waals surface area contributed by atoms with E-state index >= 15 is 0 Å². The van der Waals surface area contributed by atoms with E-state index in [0.717, 1.165) is 6.42 Å². The third-order valence-electron chi connectivity index (χ3n) is 3.81. The predicted octanol–water partition coefficient (Wildman–Crippen LogP) is 1.57. The molecular weight excluding hydrogens is 252 g/mol. The van der Waals surface area contributed by atoms with E-state index in [0.29, 0.717) is 19.4 Å². The van der Waals surface area contributed by atoms with Crippen molar-refractivity contribution in [2.75, 3.05) is 6.54 Å². The lowest BCUT2D eigenvalue weighted by Gasteiger charge is -2.24. The number of carbonyl (C=O) groups is 2. The lowest BCUT2D eigenvalue weighted by molar-refractivity contribution is -0.129. The van der Waals surface area contributed by atoms with Crippen molar-refractivity contribution >= 4 is 11.8 Å². The molecule has 1 aliphatic rings. The molecule has 0 aromatic heterocycles. The van der Waals surface area contributed by atoms with Crippen LogP contribution in [0.2, 0.25) is 0 Å². The third-order valence-corrected chi connectivity index (χ3v) is 3.81. The molecular formula is C16H22N2O2. The first-order valence-electron chi connectivity index (χ1n) is 7.18. The van der Waals surface area contributed by atoms with Crippen LogP contribution < -0.4 is 10.6 Å². The van der Waals surface area contributed by atoms with Crippen LogP contribution in [-0.4, -0.2) is 24.4 Å². The van der Waals surface area contributed by atoms with Gasteiger partial charge in [0.1, 0.15) is 0 Å². The van der Waals surface area contributed by atoms with E-state index in [4.69, 9.17) is 0 Å². The average Bonchev–Trinajstić information content (AvgIpc) is 2.42. The molecule has 1 aromatic rings. The van der Waals surface area contributed by atoms with Crippen molar-refractivity contribution in [1.29, 1.82) is 0 Å². The first-order valence-corrected chi connectivity index (χ1v) is 7.18. The number of piperidine rings is 1. The van der Waals surface area contributed by atoms with Crippen molar-refractivity contribution in [3.05, 3.63) is 35.4 Å². The van der Waals surface area contributed by atoms with Crippen LogP contribution in [0.1, 0.15) is 30.9 Å². The van der Waals surface area contributed by atoms with Gasteiger partial charge in [-0.2, -0.15) is 0 Å². The van der Waals surface area contributed by atoms with Gasteiger partial charge >= 0.3 is 0 Å². The molecule has 0 bridgehead atoms. The van der Waals surface area contributed by atoms with Gasteiger partial charge in [0.25, 0.3) is 0 Å². The first-order chi connectivity index (χ1) is 9.56. The van der Waals surface area contributed by atoms with Gasteiger partial charge in [-0.25, -0.2) is 0 Å². The zero-order valence-corrected chi connectivity index (χ0v) is 12.1. The summed E-state index contributed by atoms with van der Waals surface area (Å²) in [5, 5.41) is 5.80. The molecule has 0 radical (unpaired) electrons. The third kappa shape index (κ3) is 3.83. The van der Waals surface area contributed by atoms with Crippen molar-refractivity contribution in [2.45, 2.75) is 39.2 Å². The maximum Gasteiger partial charge on any atom is 0.225 e. The highest BCUT2D eigenvalue weighted by Crippen LogP contribution is 2.13. The average molecular weight is 274 g/mol. The van der Waals surface area contributed by atoms with Crippen molar-refractivity contribution < 1.29 is 9.59 Å². The van der Waals surface area contributed by atoms with Gasteiger partial charge in [0.2, 0.25) is 11.8 Å². The molecule has 2 atom stereocenters. The van der Waals surface area contributed by atoms with Gasteiger partial charge < -0.3 is 10.6 Å². The van der Waals surface area contributed by atoms with E-state index in [-0.39, 0.29) is 23.8 Å². The Bertz CT molecular complexity index is 489. The summed E-state index contributed by atoms with van der Waals surface area (Å²) < 4.78 is 0. The Balaban J connectivity index is 1.85. The number of nitrogens with one attached hydrogen (secondary N) is 2.